The Morgan fingerprint density at radius 3 is 2.36 bits per heavy atom. The molecule has 116 valence electrons. The van der Waals surface area contributed by atoms with Crippen LogP contribution in [0.4, 0.5) is 5.69 Å². The predicted octanol–water partition coefficient (Wildman–Crippen LogP) is 3.25. The Labute approximate surface area is 130 Å². The maximum absolute atomic E-state index is 12.5. The average molecular weight is 318 g/mol. The van der Waals surface area contributed by atoms with Crippen LogP contribution < -0.4 is 4.72 Å². The minimum absolute atomic E-state index is 0.193. The molecule has 0 heterocycles. The van der Waals surface area contributed by atoms with Crippen LogP contribution in [0.1, 0.15) is 25.0 Å². The highest BCUT2D eigenvalue weighted by atomic mass is 32.2. The van der Waals surface area contributed by atoms with Crippen LogP contribution in [0.3, 0.4) is 0 Å². The molecule has 5 nitrogen and oxygen atoms in total. The second-order valence-corrected chi connectivity index (χ2v) is 6.52. The Balaban J connectivity index is 2.37. The minimum Gasteiger partial charge on any atom is -0.411 e. The molecule has 0 saturated carbocycles. The fourth-order valence-corrected chi connectivity index (χ4v) is 3.13. The Morgan fingerprint density at radius 1 is 1.14 bits per heavy atom. The van der Waals surface area contributed by atoms with Gasteiger partial charge in [0.25, 0.3) is 10.0 Å². The third kappa shape index (κ3) is 3.46. The van der Waals surface area contributed by atoms with Crippen LogP contribution in [0, 0.1) is 0 Å². The van der Waals surface area contributed by atoms with Crippen molar-refractivity contribution in [1.82, 2.24) is 0 Å². The molecule has 6 heteroatoms. The Kier molecular flexibility index (Phi) is 4.82. The highest BCUT2D eigenvalue weighted by molar-refractivity contribution is 7.92. The molecule has 2 aromatic carbocycles. The second-order valence-electron chi connectivity index (χ2n) is 4.83. The summed E-state index contributed by atoms with van der Waals surface area (Å²) < 4.78 is 27.4. The molecule has 0 spiro atoms. The van der Waals surface area contributed by atoms with Gasteiger partial charge in [-0.1, -0.05) is 42.4 Å². The molecule has 2 rings (SSSR count). The zero-order chi connectivity index (χ0) is 16.2. The van der Waals surface area contributed by atoms with E-state index in [-0.39, 0.29) is 4.90 Å². The minimum atomic E-state index is -3.69. The third-order valence-corrected chi connectivity index (χ3v) is 4.73. The van der Waals surface area contributed by atoms with Gasteiger partial charge in [-0.25, -0.2) is 8.42 Å². The smallest absolute Gasteiger partial charge is 0.261 e. The number of hydrogen-bond acceptors (Lipinski definition) is 4. The van der Waals surface area contributed by atoms with Gasteiger partial charge in [0.15, 0.2) is 0 Å². The molecule has 2 N–H and O–H groups in total. The number of benzene rings is 2. The lowest BCUT2D eigenvalue weighted by Crippen LogP contribution is -2.15. The van der Waals surface area contributed by atoms with Crippen LogP contribution in [0.25, 0.3) is 0 Å². The van der Waals surface area contributed by atoms with Crippen LogP contribution in [0.2, 0.25) is 0 Å². The fraction of sp³-hybridized carbons (Fsp3) is 0.188. The van der Waals surface area contributed by atoms with E-state index in [4.69, 9.17) is 5.21 Å². The van der Waals surface area contributed by atoms with Crippen molar-refractivity contribution in [2.45, 2.75) is 25.2 Å². The van der Waals surface area contributed by atoms with Crippen LogP contribution in [-0.4, -0.2) is 19.3 Å². The maximum atomic E-state index is 12.5. The maximum Gasteiger partial charge on any atom is 0.261 e. The molecule has 0 bridgehead atoms. The monoisotopic (exact) mass is 318 g/mol. The zero-order valence-electron chi connectivity index (χ0n) is 12.4. The topological polar surface area (TPSA) is 78.8 Å². The lowest BCUT2D eigenvalue weighted by molar-refractivity contribution is 0.319. The molecule has 0 aliphatic rings. The van der Waals surface area contributed by atoms with E-state index in [1.807, 2.05) is 6.92 Å². The van der Waals surface area contributed by atoms with E-state index < -0.39 is 10.0 Å². The molecule has 0 atom stereocenters. The number of sulfonamides is 1. The zero-order valence-corrected chi connectivity index (χ0v) is 13.3. The van der Waals surface area contributed by atoms with Crippen LogP contribution in [0.5, 0.6) is 0 Å². The van der Waals surface area contributed by atoms with Crippen molar-refractivity contribution < 1.29 is 13.6 Å². The predicted molar refractivity (Wildman–Crippen MR) is 87.1 cm³/mol. The van der Waals surface area contributed by atoms with Gasteiger partial charge in [-0.05, 0) is 37.1 Å². The average Bonchev–Trinajstić information content (AvgIpc) is 2.54. The van der Waals surface area contributed by atoms with E-state index >= 15 is 0 Å². The standard InChI is InChI=1S/C16H18N2O3S/c1-3-13-8-10-14(11-9-13)22(20,21)18-16-7-5-4-6-15(16)12(2)17-19/h4-11,18-19H,3H2,1-2H3. The van der Waals surface area contributed by atoms with Crippen molar-refractivity contribution >= 4 is 21.4 Å². The SMILES string of the molecule is CCc1ccc(S(=O)(=O)Nc2ccccc2C(C)=NO)cc1. The van der Waals surface area contributed by atoms with Crippen LogP contribution >= 0.6 is 0 Å². The van der Waals surface area contributed by atoms with Crippen LogP contribution in [-0.2, 0) is 16.4 Å². The summed E-state index contributed by atoms with van der Waals surface area (Å²) in [5.74, 6) is 0. The van der Waals surface area contributed by atoms with Crippen LogP contribution in [0.15, 0.2) is 58.6 Å². The molecule has 0 radical (unpaired) electrons. The summed E-state index contributed by atoms with van der Waals surface area (Å²) in [5, 5.41) is 12.0. The van der Waals surface area contributed by atoms with Crippen molar-refractivity contribution in [3.63, 3.8) is 0 Å². The lowest BCUT2D eigenvalue weighted by atomic mass is 10.1. The van der Waals surface area contributed by atoms with E-state index in [0.29, 0.717) is 17.0 Å². The van der Waals surface area contributed by atoms with E-state index in [9.17, 15) is 8.42 Å². The normalized spacial score (nSPS) is 12.2. The molecule has 0 unspecified atom stereocenters. The van der Waals surface area contributed by atoms with Gasteiger partial charge in [-0.2, -0.15) is 0 Å². The summed E-state index contributed by atoms with van der Waals surface area (Å²) in [6.45, 7) is 3.61. The fourth-order valence-electron chi connectivity index (χ4n) is 2.05. The van der Waals surface area contributed by atoms with Crippen molar-refractivity contribution in [2.24, 2.45) is 5.16 Å². The Hall–Kier alpha value is -2.34. The molecule has 2 aromatic rings. The van der Waals surface area contributed by atoms with Crippen molar-refractivity contribution in [3.8, 4) is 0 Å². The summed E-state index contributed by atoms with van der Waals surface area (Å²) in [5.41, 5.74) is 2.30. The first-order chi connectivity index (χ1) is 10.5. The van der Waals surface area contributed by atoms with E-state index in [0.717, 1.165) is 12.0 Å². The van der Waals surface area contributed by atoms with Gasteiger partial charge in [-0.3, -0.25) is 4.72 Å². The first kappa shape index (κ1) is 16.0. The highest BCUT2D eigenvalue weighted by Crippen LogP contribution is 2.21. The van der Waals surface area contributed by atoms with Gasteiger partial charge in [0, 0.05) is 5.56 Å². The van der Waals surface area contributed by atoms with E-state index in [2.05, 4.69) is 9.88 Å². The Bertz CT molecular complexity index is 781. The molecule has 0 amide bonds. The quantitative estimate of drug-likeness (QED) is 0.504. The highest BCUT2D eigenvalue weighted by Gasteiger charge is 2.16. The molecule has 0 aliphatic carbocycles. The van der Waals surface area contributed by atoms with Gasteiger partial charge in [0.05, 0.1) is 16.3 Å². The van der Waals surface area contributed by atoms with Gasteiger partial charge >= 0.3 is 0 Å². The summed E-state index contributed by atoms with van der Waals surface area (Å²) in [6.07, 6.45) is 0.850. The summed E-state index contributed by atoms with van der Waals surface area (Å²) >= 11 is 0. The van der Waals surface area contributed by atoms with Gasteiger partial charge in [0.2, 0.25) is 0 Å². The summed E-state index contributed by atoms with van der Waals surface area (Å²) in [7, 11) is -3.69. The number of oxime groups is 1. The first-order valence-electron chi connectivity index (χ1n) is 6.87. The molecule has 22 heavy (non-hydrogen) atoms. The van der Waals surface area contributed by atoms with E-state index in [1.165, 1.54) is 0 Å². The molecule has 0 aromatic heterocycles. The number of para-hydroxylation sites is 1. The number of hydrogen-bond donors (Lipinski definition) is 2. The van der Waals surface area contributed by atoms with Gasteiger partial charge in [0.1, 0.15) is 0 Å². The summed E-state index contributed by atoms with van der Waals surface area (Å²) in [4.78, 5) is 0.193. The Morgan fingerprint density at radius 2 is 1.77 bits per heavy atom. The number of aryl methyl sites for hydroxylation is 1. The first-order valence-corrected chi connectivity index (χ1v) is 8.36. The third-order valence-electron chi connectivity index (χ3n) is 3.35. The molecule has 0 saturated heterocycles. The van der Waals surface area contributed by atoms with Crippen molar-refractivity contribution in [1.29, 1.82) is 0 Å². The molecular weight excluding hydrogens is 300 g/mol. The number of nitrogens with one attached hydrogen (secondary N) is 1. The molecular formula is C16H18N2O3S. The van der Waals surface area contributed by atoms with Crippen molar-refractivity contribution in [2.75, 3.05) is 4.72 Å². The largest absolute Gasteiger partial charge is 0.411 e. The summed E-state index contributed by atoms with van der Waals surface area (Å²) in [6, 6.07) is 13.5. The molecule has 0 aliphatic heterocycles. The van der Waals surface area contributed by atoms with E-state index in [1.54, 1.807) is 55.5 Å². The number of rotatable bonds is 5. The number of nitrogens with zero attached hydrogens (tertiary/aromatic N) is 1. The van der Waals surface area contributed by atoms with Gasteiger partial charge < -0.3 is 5.21 Å². The molecule has 0 fully saturated rings. The lowest BCUT2D eigenvalue weighted by Gasteiger charge is -2.12. The number of anilines is 1. The second kappa shape index (κ2) is 6.62. The van der Waals surface area contributed by atoms with Crippen molar-refractivity contribution in [3.05, 3.63) is 59.7 Å². The van der Waals surface area contributed by atoms with Gasteiger partial charge in [-0.15, -0.1) is 0 Å².